The van der Waals surface area contributed by atoms with E-state index >= 15 is 0 Å². The Bertz CT molecular complexity index is 1050. The van der Waals surface area contributed by atoms with Crippen LogP contribution in [-0.2, 0) is 5.41 Å². The Morgan fingerprint density at radius 2 is 1.62 bits per heavy atom. The molecular weight excluding hydrogens is 483 g/mol. The van der Waals surface area contributed by atoms with E-state index in [4.69, 9.17) is 22.2 Å². The van der Waals surface area contributed by atoms with Crippen LogP contribution in [0.15, 0.2) is 30.3 Å². The number of nitrogens with zero attached hydrogens (tertiary/aromatic N) is 4. The monoisotopic (exact) mass is 524 g/mol. The highest BCUT2D eigenvalue weighted by atomic mass is 32.1. The molecule has 6 nitrogen and oxygen atoms in total. The van der Waals surface area contributed by atoms with Crippen LogP contribution in [0.3, 0.4) is 0 Å². The van der Waals surface area contributed by atoms with Crippen molar-refractivity contribution in [3.63, 3.8) is 0 Å². The standard InChI is InChI=1S/C29H41FN6S/c1-22-10-4-9-19-36(22)26-20-25(35-17-7-3-8-18-35)32-27(33-26)34-28(37)31-21-29(15-5-2-6-16-29)23-11-13-24(30)14-12-23/h11-14,20,22H,2-10,15-19,21H2,1H3,(H2,31,32,33,34,37)/t22-/m1/s1. The van der Waals surface area contributed by atoms with Crippen molar-refractivity contribution in [3.05, 3.63) is 41.7 Å². The molecule has 1 saturated carbocycles. The maximum absolute atomic E-state index is 13.6. The minimum Gasteiger partial charge on any atom is -0.361 e. The SMILES string of the molecule is C[C@@H]1CCCCN1c1cc(N2CCCCC2)nc(NC(=S)NCC2(c3ccc(F)cc3)CCCCC2)n1. The number of hydrogen-bond donors (Lipinski definition) is 2. The second kappa shape index (κ2) is 11.9. The van der Waals surface area contributed by atoms with Gasteiger partial charge in [-0.3, -0.25) is 0 Å². The molecule has 1 aromatic carbocycles. The van der Waals surface area contributed by atoms with Gasteiger partial charge in [-0.2, -0.15) is 9.97 Å². The van der Waals surface area contributed by atoms with Gasteiger partial charge >= 0.3 is 0 Å². The Balaban J connectivity index is 1.33. The molecule has 200 valence electrons. The Morgan fingerprint density at radius 1 is 0.946 bits per heavy atom. The third-order valence-corrected chi connectivity index (χ3v) is 8.80. The second-order valence-corrected chi connectivity index (χ2v) is 11.6. The van der Waals surface area contributed by atoms with Crippen LogP contribution in [0.25, 0.3) is 0 Å². The maximum Gasteiger partial charge on any atom is 0.232 e. The fraction of sp³-hybridized carbons (Fsp3) is 0.621. The number of nitrogens with one attached hydrogen (secondary N) is 2. The molecule has 5 rings (SSSR count). The number of benzene rings is 1. The van der Waals surface area contributed by atoms with Gasteiger partial charge in [0.05, 0.1) is 0 Å². The molecule has 0 bridgehead atoms. The smallest absolute Gasteiger partial charge is 0.232 e. The molecule has 0 unspecified atom stereocenters. The summed E-state index contributed by atoms with van der Waals surface area (Å²) in [6, 6.07) is 9.67. The van der Waals surface area contributed by atoms with Crippen LogP contribution < -0.4 is 20.4 Å². The highest BCUT2D eigenvalue weighted by molar-refractivity contribution is 7.80. The summed E-state index contributed by atoms with van der Waals surface area (Å²) in [5.74, 6) is 2.35. The van der Waals surface area contributed by atoms with Gasteiger partial charge in [-0.25, -0.2) is 4.39 Å². The first-order valence-corrected chi connectivity index (χ1v) is 14.6. The zero-order valence-corrected chi connectivity index (χ0v) is 23.0. The predicted octanol–water partition coefficient (Wildman–Crippen LogP) is 6.17. The van der Waals surface area contributed by atoms with Gasteiger partial charge in [0.1, 0.15) is 17.5 Å². The molecular formula is C29H41FN6S. The molecule has 2 aliphatic heterocycles. The highest BCUT2D eigenvalue weighted by Crippen LogP contribution is 2.39. The van der Waals surface area contributed by atoms with Gasteiger partial charge in [-0.1, -0.05) is 31.4 Å². The number of piperidine rings is 2. The van der Waals surface area contributed by atoms with Crippen molar-refractivity contribution >= 4 is 34.9 Å². The van der Waals surface area contributed by atoms with Crippen molar-refractivity contribution in [2.75, 3.05) is 41.3 Å². The molecule has 1 aliphatic carbocycles. The van der Waals surface area contributed by atoms with E-state index in [1.807, 2.05) is 12.1 Å². The molecule has 2 aromatic rings. The average Bonchev–Trinajstić information content (AvgIpc) is 2.93. The number of thiocarbonyl (C=S) groups is 1. The fourth-order valence-corrected chi connectivity index (χ4v) is 6.51. The minimum absolute atomic E-state index is 0.0391. The highest BCUT2D eigenvalue weighted by Gasteiger charge is 2.34. The summed E-state index contributed by atoms with van der Waals surface area (Å²) >= 11 is 5.76. The van der Waals surface area contributed by atoms with Crippen LogP contribution in [-0.4, -0.2) is 47.3 Å². The lowest BCUT2D eigenvalue weighted by molar-refractivity contribution is 0.292. The first-order chi connectivity index (χ1) is 18.0. The van der Waals surface area contributed by atoms with E-state index in [0.717, 1.165) is 44.1 Å². The molecule has 3 heterocycles. The summed E-state index contributed by atoms with van der Waals surface area (Å²) in [7, 11) is 0. The van der Waals surface area contributed by atoms with Gasteiger partial charge in [0, 0.05) is 43.7 Å². The molecule has 3 aliphatic rings. The zero-order chi connectivity index (χ0) is 25.7. The predicted molar refractivity (Wildman–Crippen MR) is 154 cm³/mol. The lowest BCUT2D eigenvalue weighted by Crippen LogP contribution is -2.44. The molecule has 0 radical (unpaired) electrons. The lowest BCUT2D eigenvalue weighted by atomic mass is 9.69. The molecule has 8 heteroatoms. The molecule has 2 saturated heterocycles. The molecule has 2 N–H and O–H groups in total. The van der Waals surface area contributed by atoms with Crippen LogP contribution >= 0.6 is 12.2 Å². The van der Waals surface area contributed by atoms with Gasteiger partial charge in [0.2, 0.25) is 5.95 Å². The Hall–Kier alpha value is -2.48. The van der Waals surface area contributed by atoms with Crippen LogP contribution in [0.1, 0.15) is 83.1 Å². The Morgan fingerprint density at radius 3 is 2.35 bits per heavy atom. The normalized spacial score (nSPS) is 21.9. The fourth-order valence-electron chi connectivity index (χ4n) is 6.34. The zero-order valence-electron chi connectivity index (χ0n) is 22.1. The van der Waals surface area contributed by atoms with Gasteiger partial charge < -0.3 is 20.4 Å². The quantitative estimate of drug-likeness (QED) is 0.438. The Kier molecular flexibility index (Phi) is 8.43. The lowest BCUT2D eigenvalue weighted by Gasteiger charge is -2.38. The summed E-state index contributed by atoms with van der Waals surface area (Å²) in [6.45, 7) is 6.11. The van der Waals surface area contributed by atoms with Crippen molar-refractivity contribution in [2.45, 2.75) is 89.0 Å². The van der Waals surface area contributed by atoms with Crippen molar-refractivity contribution in [1.82, 2.24) is 15.3 Å². The number of anilines is 3. The van der Waals surface area contributed by atoms with Gasteiger partial charge in [0.25, 0.3) is 0 Å². The Labute approximate surface area is 226 Å². The summed E-state index contributed by atoms with van der Waals surface area (Å²) < 4.78 is 13.6. The van der Waals surface area contributed by atoms with Gasteiger partial charge in [-0.05, 0) is 88.2 Å². The average molecular weight is 525 g/mol. The first kappa shape index (κ1) is 26.1. The topological polar surface area (TPSA) is 56.3 Å². The van der Waals surface area contributed by atoms with Crippen molar-refractivity contribution in [2.24, 2.45) is 0 Å². The van der Waals surface area contributed by atoms with E-state index < -0.39 is 0 Å². The molecule has 0 amide bonds. The maximum atomic E-state index is 13.6. The van der Waals surface area contributed by atoms with Crippen LogP contribution in [0, 0.1) is 5.82 Å². The van der Waals surface area contributed by atoms with E-state index in [0.29, 0.717) is 23.6 Å². The number of hydrogen-bond acceptors (Lipinski definition) is 5. The molecule has 3 fully saturated rings. The van der Waals surface area contributed by atoms with Gasteiger partial charge in [-0.15, -0.1) is 0 Å². The summed E-state index contributed by atoms with van der Waals surface area (Å²) in [5.41, 5.74) is 1.15. The first-order valence-electron chi connectivity index (χ1n) is 14.2. The molecule has 1 aromatic heterocycles. The molecule has 1 atom stereocenters. The van der Waals surface area contributed by atoms with E-state index in [2.05, 4.69) is 33.4 Å². The molecule has 37 heavy (non-hydrogen) atoms. The summed E-state index contributed by atoms with van der Waals surface area (Å²) in [4.78, 5) is 14.6. The van der Waals surface area contributed by atoms with E-state index in [9.17, 15) is 4.39 Å². The minimum atomic E-state index is -0.190. The van der Waals surface area contributed by atoms with E-state index in [1.165, 1.54) is 63.4 Å². The van der Waals surface area contributed by atoms with E-state index in [1.54, 1.807) is 12.1 Å². The van der Waals surface area contributed by atoms with Crippen LogP contribution in [0.4, 0.5) is 22.0 Å². The molecule has 0 spiro atoms. The van der Waals surface area contributed by atoms with Crippen molar-refractivity contribution in [3.8, 4) is 0 Å². The van der Waals surface area contributed by atoms with Crippen molar-refractivity contribution in [1.29, 1.82) is 0 Å². The van der Waals surface area contributed by atoms with Crippen LogP contribution in [0.2, 0.25) is 0 Å². The van der Waals surface area contributed by atoms with Crippen LogP contribution in [0.5, 0.6) is 0 Å². The van der Waals surface area contributed by atoms with Gasteiger partial charge in [0.15, 0.2) is 5.11 Å². The summed E-state index contributed by atoms with van der Waals surface area (Å²) in [5, 5.41) is 7.34. The second-order valence-electron chi connectivity index (χ2n) is 11.1. The third-order valence-electron chi connectivity index (χ3n) is 8.56. The number of rotatable bonds is 6. The number of halogens is 1. The largest absolute Gasteiger partial charge is 0.361 e. The summed E-state index contributed by atoms with van der Waals surface area (Å²) in [6.07, 6.45) is 13.1. The van der Waals surface area contributed by atoms with E-state index in [-0.39, 0.29) is 11.2 Å². The third kappa shape index (κ3) is 6.33. The number of aromatic nitrogens is 2. The van der Waals surface area contributed by atoms with Crippen molar-refractivity contribution < 1.29 is 4.39 Å².